The number of aliphatic imine (C=N–C) groups is 1. The van der Waals surface area contributed by atoms with Gasteiger partial charge >= 0.3 is 0 Å². The van der Waals surface area contributed by atoms with E-state index in [1.54, 1.807) is 7.11 Å². The number of aryl methyl sites for hydroxylation is 1. The lowest BCUT2D eigenvalue weighted by Gasteiger charge is -2.11. The fourth-order valence-corrected chi connectivity index (χ4v) is 2.93. The second kappa shape index (κ2) is 13.4. The zero-order chi connectivity index (χ0) is 19.5. The molecule has 0 saturated carbocycles. The first-order valence-electron chi connectivity index (χ1n) is 9.55. The number of rotatable bonds is 10. The van der Waals surface area contributed by atoms with Crippen LogP contribution in [0.1, 0.15) is 25.0 Å². The molecule has 1 heterocycles. The summed E-state index contributed by atoms with van der Waals surface area (Å²) < 4.78 is 4.91. The molecule has 0 aliphatic heterocycles. The number of nitrogens with one attached hydrogen (secondary N) is 4. The maximum atomic E-state index is 11.8. The molecule has 1 aromatic heterocycles. The van der Waals surface area contributed by atoms with Gasteiger partial charge in [-0.2, -0.15) is 0 Å². The van der Waals surface area contributed by atoms with Crippen LogP contribution in [0.25, 0.3) is 10.9 Å². The summed E-state index contributed by atoms with van der Waals surface area (Å²) in [6.07, 6.45) is 3.97. The molecule has 0 atom stereocenters. The molecule has 7 nitrogen and oxygen atoms in total. The molecular weight excluding hydrogens is 469 g/mol. The summed E-state index contributed by atoms with van der Waals surface area (Å²) in [4.78, 5) is 19.5. The van der Waals surface area contributed by atoms with E-state index in [-0.39, 0.29) is 36.4 Å². The van der Waals surface area contributed by atoms with E-state index in [9.17, 15) is 4.79 Å². The van der Waals surface area contributed by atoms with Crippen LogP contribution in [0, 0.1) is 0 Å². The van der Waals surface area contributed by atoms with Gasteiger partial charge in [-0.1, -0.05) is 25.1 Å². The van der Waals surface area contributed by atoms with E-state index in [1.165, 1.54) is 22.0 Å². The topological polar surface area (TPSA) is 90.5 Å². The second-order valence-corrected chi connectivity index (χ2v) is 6.22. The molecule has 2 aromatic rings. The van der Waals surface area contributed by atoms with E-state index in [1.807, 2.05) is 6.92 Å². The summed E-state index contributed by atoms with van der Waals surface area (Å²) >= 11 is 0. The number of halogens is 1. The van der Waals surface area contributed by atoms with Crippen molar-refractivity contribution in [2.75, 3.05) is 39.9 Å². The molecule has 1 aromatic carbocycles. The first-order valence-corrected chi connectivity index (χ1v) is 9.55. The lowest BCUT2D eigenvalue weighted by atomic mass is 10.1. The Morgan fingerprint density at radius 1 is 1.14 bits per heavy atom. The molecule has 0 spiro atoms. The highest BCUT2D eigenvalue weighted by Crippen LogP contribution is 2.22. The van der Waals surface area contributed by atoms with E-state index in [0.29, 0.717) is 19.1 Å². The number of hydrogen-bond donors (Lipinski definition) is 4. The molecule has 4 N–H and O–H groups in total. The van der Waals surface area contributed by atoms with Gasteiger partial charge in [0, 0.05) is 43.8 Å². The number of H-pyrrole nitrogens is 1. The van der Waals surface area contributed by atoms with Gasteiger partial charge in [-0.25, -0.2) is 4.99 Å². The Morgan fingerprint density at radius 2 is 1.96 bits per heavy atom. The van der Waals surface area contributed by atoms with E-state index < -0.39 is 0 Å². The minimum Gasteiger partial charge on any atom is -0.383 e. The quantitative estimate of drug-likeness (QED) is 0.174. The Hall–Kier alpha value is -1.81. The zero-order valence-corrected chi connectivity index (χ0v) is 19.3. The smallest absolute Gasteiger partial charge is 0.241 e. The zero-order valence-electron chi connectivity index (χ0n) is 16.9. The van der Waals surface area contributed by atoms with Crippen LogP contribution in [0.5, 0.6) is 0 Å². The number of nitrogens with zero attached hydrogens (tertiary/aromatic N) is 1. The normalized spacial score (nSPS) is 11.2. The SMILES string of the molecule is CCNC(=NCC(=O)NCCOC)NCCc1c[nH]c2c(CC)cccc12.I. The summed E-state index contributed by atoms with van der Waals surface area (Å²) in [5, 5.41) is 10.5. The summed E-state index contributed by atoms with van der Waals surface area (Å²) in [5.74, 6) is 0.529. The van der Waals surface area contributed by atoms with Crippen molar-refractivity contribution < 1.29 is 9.53 Å². The highest BCUT2D eigenvalue weighted by molar-refractivity contribution is 14.0. The second-order valence-electron chi connectivity index (χ2n) is 6.22. The van der Waals surface area contributed by atoms with Crippen LogP contribution in [0.3, 0.4) is 0 Å². The van der Waals surface area contributed by atoms with Crippen molar-refractivity contribution in [3.05, 3.63) is 35.5 Å². The molecule has 8 heteroatoms. The van der Waals surface area contributed by atoms with E-state index in [2.05, 4.69) is 57.2 Å². The van der Waals surface area contributed by atoms with Crippen LogP contribution >= 0.6 is 24.0 Å². The van der Waals surface area contributed by atoms with Crippen molar-refractivity contribution in [3.8, 4) is 0 Å². The predicted molar refractivity (Wildman–Crippen MR) is 126 cm³/mol. The number of fused-ring (bicyclic) bond motifs is 1. The summed E-state index contributed by atoms with van der Waals surface area (Å²) in [6, 6.07) is 6.43. The number of amides is 1. The molecule has 0 aliphatic rings. The number of para-hydroxylation sites is 1. The van der Waals surface area contributed by atoms with Crippen LogP contribution in [-0.4, -0.2) is 56.7 Å². The number of hydrogen-bond acceptors (Lipinski definition) is 3. The van der Waals surface area contributed by atoms with Crippen molar-refractivity contribution >= 4 is 46.7 Å². The standard InChI is InChI=1S/C20H31N5O2.HI/c1-4-15-7-6-8-17-16(13-24-19(15)17)9-10-23-20(21-5-2)25-14-18(26)22-11-12-27-3;/h6-8,13,24H,4-5,9-12,14H2,1-3H3,(H,22,26)(H2,21,23,25);1H. The molecule has 0 fully saturated rings. The highest BCUT2D eigenvalue weighted by Gasteiger charge is 2.07. The largest absolute Gasteiger partial charge is 0.383 e. The number of ether oxygens (including phenoxy) is 1. The van der Waals surface area contributed by atoms with Crippen molar-refractivity contribution in [2.24, 2.45) is 4.99 Å². The van der Waals surface area contributed by atoms with E-state index in [0.717, 1.165) is 25.9 Å². The van der Waals surface area contributed by atoms with Crippen LogP contribution in [0.2, 0.25) is 0 Å². The number of benzene rings is 1. The molecule has 0 unspecified atom stereocenters. The number of aromatic nitrogens is 1. The van der Waals surface area contributed by atoms with Crippen molar-refractivity contribution in [2.45, 2.75) is 26.7 Å². The van der Waals surface area contributed by atoms with Gasteiger partial charge in [0.15, 0.2) is 5.96 Å². The lowest BCUT2D eigenvalue weighted by Crippen LogP contribution is -2.39. The monoisotopic (exact) mass is 501 g/mol. The minimum absolute atomic E-state index is 0. The molecule has 156 valence electrons. The van der Waals surface area contributed by atoms with Gasteiger partial charge in [-0.3, -0.25) is 4.79 Å². The Balaban J connectivity index is 0.00000392. The Kier molecular flexibility index (Phi) is 11.6. The van der Waals surface area contributed by atoms with Gasteiger partial charge in [0.2, 0.25) is 5.91 Å². The molecule has 1 amide bonds. The minimum atomic E-state index is -0.118. The molecule has 0 saturated heterocycles. The first-order chi connectivity index (χ1) is 13.2. The van der Waals surface area contributed by atoms with Gasteiger partial charge in [0.25, 0.3) is 0 Å². The molecule has 2 rings (SSSR count). The van der Waals surface area contributed by atoms with Gasteiger partial charge in [-0.15, -0.1) is 24.0 Å². The number of carbonyl (C=O) groups excluding carboxylic acids is 1. The third kappa shape index (κ3) is 7.31. The van der Waals surface area contributed by atoms with Gasteiger partial charge in [0.1, 0.15) is 6.54 Å². The molecule has 0 aliphatic carbocycles. The predicted octanol–water partition coefficient (Wildman–Crippen LogP) is 2.21. The van der Waals surface area contributed by atoms with Crippen LogP contribution in [0.4, 0.5) is 0 Å². The molecular formula is C20H32IN5O2. The third-order valence-corrected chi connectivity index (χ3v) is 4.31. The Labute approximate surface area is 184 Å². The van der Waals surface area contributed by atoms with E-state index in [4.69, 9.17) is 4.74 Å². The van der Waals surface area contributed by atoms with Crippen molar-refractivity contribution in [1.82, 2.24) is 20.9 Å². The Morgan fingerprint density at radius 3 is 2.68 bits per heavy atom. The fourth-order valence-electron chi connectivity index (χ4n) is 2.93. The fraction of sp³-hybridized carbons (Fsp3) is 0.500. The van der Waals surface area contributed by atoms with E-state index >= 15 is 0 Å². The summed E-state index contributed by atoms with van der Waals surface area (Å²) in [6.45, 7) is 6.73. The Bertz CT molecular complexity index is 760. The molecule has 0 bridgehead atoms. The van der Waals surface area contributed by atoms with Crippen LogP contribution < -0.4 is 16.0 Å². The molecule has 28 heavy (non-hydrogen) atoms. The van der Waals surface area contributed by atoms with Crippen LogP contribution in [-0.2, 0) is 22.4 Å². The first kappa shape index (κ1) is 24.2. The number of methoxy groups -OCH3 is 1. The average molecular weight is 501 g/mol. The van der Waals surface area contributed by atoms with Crippen LogP contribution in [0.15, 0.2) is 29.4 Å². The number of aromatic amines is 1. The van der Waals surface area contributed by atoms with Gasteiger partial charge in [0.05, 0.1) is 6.61 Å². The van der Waals surface area contributed by atoms with Crippen molar-refractivity contribution in [1.29, 1.82) is 0 Å². The van der Waals surface area contributed by atoms with Gasteiger partial charge in [-0.05, 0) is 30.9 Å². The molecule has 0 radical (unpaired) electrons. The maximum Gasteiger partial charge on any atom is 0.241 e. The maximum absolute atomic E-state index is 11.8. The summed E-state index contributed by atoms with van der Waals surface area (Å²) in [5.41, 5.74) is 3.84. The van der Waals surface area contributed by atoms with Gasteiger partial charge < -0.3 is 25.7 Å². The number of carbonyl (C=O) groups is 1. The average Bonchev–Trinajstić information content (AvgIpc) is 3.09. The van der Waals surface area contributed by atoms with Crippen molar-refractivity contribution in [3.63, 3.8) is 0 Å². The highest BCUT2D eigenvalue weighted by atomic mass is 127. The number of guanidine groups is 1. The summed E-state index contributed by atoms with van der Waals surface area (Å²) in [7, 11) is 1.61. The lowest BCUT2D eigenvalue weighted by molar-refractivity contribution is -0.119. The third-order valence-electron chi connectivity index (χ3n) is 4.31.